The molecule has 1 atom stereocenters. The van der Waals surface area contributed by atoms with E-state index in [-0.39, 0.29) is 39.1 Å². The largest absolute Gasteiger partial charge is 0.438 e. The van der Waals surface area contributed by atoms with Crippen LogP contribution in [0, 0.1) is 19.7 Å². The third-order valence-electron chi connectivity index (χ3n) is 5.91. The van der Waals surface area contributed by atoms with Gasteiger partial charge in [-0.1, -0.05) is 0 Å². The lowest BCUT2D eigenvalue weighted by molar-refractivity contribution is 0.0570. The van der Waals surface area contributed by atoms with Crippen molar-refractivity contribution >= 4 is 28.1 Å². The van der Waals surface area contributed by atoms with Gasteiger partial charge in [0.2, 0.25) is 5.88 Å². The molecule has 0 fully saturated rings. The summed E-state index contributed by atoms with van der Waals surface area (Å²) in [6, 6.07) is 3.99. The Morgan fingerprint density at radius 2 is 1.95 bits per heavy atom. The van der Waals surface area contributed by atoms with Crippen molar-refractivity contribution in [1.29, 1.82) is 0 Å². The summed E-state index contributed by atoms with van der Waals surface area (Å²) in [4.78, 5) is 32.9. The molecule has 196 valence electrons. The van der Waals surface area contributed by atoms with Gasteiger partial charge in [0.25, 0.3) is 17.8 Å². The van der Waals surface area contributed by atoms with Gasteiger partial charge in [-0.3, -0.25) is 9.59 Å². The zero-order valence-corrected chi connectivity index (χ0v) is 22.1. The molecule has 3 N–H and O–H groups in total. The smallest absolute Gasteiger partial charge is 0.274 e. The maximum atomic E-state index is 15.6. The fourth-order valence-electron chi connectivity index (χ4n) is 4.15. The molecule has 0 spiro atoms. The van der Waals surface area contributed by atoms with Crippen LogP contribution < -0.4 is 15.6 Å². The van der Waals surface area contributed by atoms with Gasteiger partial charge >= 0.3 is 0 Å². The zero-order valence-electron chi connectivity index (χ0n) is 21.3. The van der Waals surface area contributed by atoms with Gasteiger partial charge in [-0.2, -0.15) is 4.39 Å². The normalized spacial score (nSPS) is 12.7. The first-order chi connectivity index (χ1) is 17.3. The number of carbonyl (C=O) groups is 1. The molecule has 0 radical (unpaired) electrons. The fourth-order valence-corrected chi connectivity index (χ4v) is 5.17. The van der Waals surface area contributed by atoms with Crippen molar-refractivity contribution in [1.82, 2.24) is 19.9 Å². The van der Waals surface area contributed by atoms with Gasteiger partial charge in [-0.25, -0.2) is 9.37 Å². The molecular weight excluding hydrogens is 502 g/mol. The molecule has 1 aromatic carbocycles. The molecule has 0 aliphatic carbocycles. The predicted octanol–water partition coefficient (Wildman–Crippen LogP) is 4.77. The minimum Gasteiger partial charge on any atom is -0.438 e. The summed E-state index contributed by atoms with van der Waals surface area (Å²) in [5.41, 5.74) is 0.0629. The summed E-state index contributed by atoms with van der Waals surface area (Å²) in [7, 11) is 1.56. The van der Waals surface area contributed by atoms with Crippen molar-refractivity contribution in [2.24, 2.45) is 7.05 Å². The molecule has 0 bridgehead atoms. The van der Waals surface area contributed by atoms with Crippen LogP contribution in [0.4, 0.5) is 8.78 Å². The molecule has 0 saturated heterocycles. The fraction of sp³-hybridized carbons (Fsp3) is 0.346. The van der Waals surface area contributed by atoms with E-state index in [9.17, 15) is 19.1 Å². The highest BCUT2D eigenvalue weighted by molar-refractivity contribution is 7.15. The Labute approximate surface area is 215 Å². The van der Waals surface area contributed by atoms with Crippen molar-refractivity contribution in [3.63, 3.8) is 0 Å². The van der Waals surface area contributed by atoms with Crippen molar-refractivity contribution < 1.29 is 23.4 Å². The molecule has 4 aromatic rings. The lowest BCUT2D eigenvalue weighted by Gasteiger charge is -2.16. The minimum absolute atomic E-state index is 0.0986. The van der Waals surface area contributed by atoms with E-state index in [4.69, 9.17) is 4.74 Å². The number of thiazole rings is 1. The molecule has 0 aliphatic rings. The van der Waals surface area contributed by atoms with E-state index in [2.05, 4.69) is 15.3 Å². The average molecular weight is 531 g/mol. The molecule has 3 heterocycles. The number of benzene rings is 1. The number of hydrogen-bond donors (Lipinski definition) is 3. The lowest BCUT2D eigenvalue weighted by Crippen LogP contribution is -2.23. The van der Waals surface area contributed by atoms with Crippen LogP contribution in [0.2, 0.25) is 0 Å². The summed E-state index contributed by atoms with van der Waals surface area (Å²) in [5.74, 6) is -0.957. The number of H-pyrrole nitrogens is 1. The molecule has 1 unspecified atom stereocenters. The number of amides is 1. The Kier molecular flexibility index (Phi) is 6.95. The number of halogens is 2. The summed E-state index contributed by atoms with van der Waals surface area (Å²) in [6.07, 6.45) is -0.424. The molecule has 1 amide bonds. The van der Waals surface area contributed by atoms with Crippen LogP contribution in [0.1, 0.15) is 59.3 Å². The monoisotopic (exact) mass is 530 g/mol. The highest BCUT2D eigenvalue weighted by atomic mass is 32.1. The highest BCUT2D eigenvalue weighted by Crippen LogP contribution is 2.43. The number of aromatic amines is 1. The highest BCUT2D eigenvalue weighted by Gasteiger charge is 2.29. The number of aliphatic hydroxyl groups is 1. The Bertz CT molecular complexity index is 1540. The summed E-state index contributed by atoms with van der Waals surface area (Å²) < 4.78 is 36.4. The van der Waals surface area contributed by atoms with E-state index >= 15 is 4.39 Å². The zero-order chi connectivity index (χ0) is 27.2. The maximum absolute atomic E-state index is 15.6. The molecular formula is C26H28F2N4O4S. The second-order valence-corrected chi connectivity index (χ2v) is 10.4. The van der Waals surface area contributed by atoms with Crippen LogP contribution >= 0.6 is 11.3 Å². The standard InChI is InChI=1S/C26H28F2N4O4S/c1-7-29-22(33)17-10-15-16(11-32(6)24(34)19(15)30-17)20-23(31-25(37-20)26(4,5)35)36-21(28)18-12(2)8-14(27)9-13(18)3/h8-11,21,30,35H,7H2,1-6H3,(H,29,33). The summed E-state index contributed by atoms with van der Waals surface area (Å²) in [6.45, 7) is 8.44. The van der Waals surface area contributed by atoms with Gasteiger partial charge in [-0.05, 0) is 63.9 Å². The quantitative estimate of drug-likeness (QED) is 0.319. The van der Waals surface area contributed by atoms with E-state index in [0.29, 0.717) is 33.5 Å². The van der Waals surface area contributed by atoms with Gasteiger partial charge in [-0.15, -0.1) is 11.3 Å². The second kappa shape index (κ2) is 9.71. The first-order valence-corrected chi connectivity index (χ1v) is 12.4. The van der Waals surface area contributed by atoms with Crippen molar-refractivity contribution in [3.05, 3.63) is 68.0 Å². The first kappa shape index (κ1) is 26.5. The van der Waals surface area contributed by atoms with E-state index in [0.717, 1.165) is 11.3 Å². The number of rotatable bonds is 7. The molecule has 4 rings (SSSR count). The summed E-state index contributed by atoms with van der Waals surface area (Å²) in [5, 5.41) is 14.0. The number of nitrogens with zero attached hydrogens (tertiary/aromatic N) is 2. The lowest BCUT2D eigenvalue weighted by atomic mass is 10.0. The Balaban J connectivity index is 1.91. The number of nitrogens with one attached hydrogen (secondary N) is 2. The van der Waals surface area contributed by atoms with Crippen LogP contribution in [0.5, 0.6) is 5.88 Å². The maximum Gasteiger partial charge on any atom is 0.274 e. The van der Waals surface area contributed by atoms with Crippen molar-refractivity contribution in [2.45, 2.75) is 46.6 Å². The Morgan fingerprint density at radius 3 is 2.54 bits per heavy atom. The first-order valence-electron chi connectivity index (χ1n) is 11.6. The second-order valence-electron chi connectivity index (χ2n) is 9.39. The van der Waals surface area contributed by atoms with Gasteiger partial charge in [0.15, 0.2) is 0 Å². The topological polar surface area (TPSA) is 109 Å². The number of alkyl halides is 1. The number of pyridine rings is 1. The van der Waals surface area contributed by atoms with E-state index in [1.54, 1.807) is 53.9 Å². The van der Waals surface area contributed by atoms with E-state index in [1.165, 1.54) is 16.7 Å². The van der Waals surface area contributed by atoms with Crippen LogP contribution in [-0.4, -0.2) is 32.1 Å². The van der Waals surface area contributed by atoms with Crippen LogP contribution in [0.3, 0.4) is 0 Å². The molecule has 0 aliphatic heterocycles. The van der Waals surface area contributed by atoms with Gasteiger partial charge < -0.3 is 24.7 Å². The third-order valence-corrected chi connectivity index (χ3v) is 7.29. The molecule has 11 heteroatoms. The SMILES string of the molecule is CCNC(=O)c1cc2c(-c3sc(C(C)(C)O)nc3OC(F)c3c(C)cc(F)cc3C)cn(C)c(=O)c2[nH]1. The average Bonchev–Trinajstić information content (AvgIpc) is 3.41. The summed E-state index contributed by atoms with van der Waals surface area (Å²) >= 11 is 1.08. The van der Waals surface area contributed by atoms with Gasteiger partial charge in [0.1, 0.15) is 32.5 Å². The van der Waals surface area contributed by atoms with E-state index in [1.807, 2.05) is 0 Å². The van der Waals surface area contributed by atoms with Crippen LogP contribution in [0.15, 0.2) is 29.2 Å². The predicted molar refractivity (Wildman–Crippen MR) is 138 cm³/mol. The Hall–Kier alpha value is -3.57. The van der Waals surface area contributed by atoms with E-state index < -0.39 is 17.8 Å². The number of aromatic nitrogens is 3. The van der Waals surface area contributed by atoms with Crippen LogP contribution in [0.25, 0.3) is 21.3 Å². The third kappa shape index (κ3) is 5.01. The minimum atomic E-state index is -1.98. The molecule has 37 heavy (non-hydrogen) atoms. The molecule has 8 nitrogen and oxygen atoms in total. The number of fused-ring (bicyclic) bond motifs is 1. The van der Waals surface area contributed by atoms with Crippen molar-refractivity contribution in [3.8, 4) is 16.3 Å². The number of hydrogen-bond acceptors (Lipinski definition) is 6. The number of ether oxygens (including phenoxy) is 1. The van der Waals surface area contributed by atoms with Crippen molar-refractivity contribution in [2.75, 3.05) is 6.54 Å². The molecule has 3 aromatic heterocycles. The number of aryl methyl sites for hydroxylation is 3. The molecule has 0 saturated carbocycles. The Morgan fingerprint density at radius 1 is 1.30 bits per heavy atom. The van der Waals surface area contributed by atoms with Gasteiger partial charge in [0.05, 0.1) is 0 Å². The van der Waals surface area contributed by atoms with Crippen LogP contribution in [-0.2, 0) is 12.6 Å². The van der Waals surface area contributed by atoms with Gasteiger partial charge in [0, 0.05) is 36.3 Å². The number of carbonyl (C=O) groups excluding carboxylic acids is 1.